The number of aliphatic imine (C=N–C) groups is 1. The maximum absolute atomic E-state index is 4.80. The molecule has 6 nitrogen and oxygen atoms in total. The lowest BCUT2D eigenvalue weighted by Gasteiger charge is -2.27. The van der Waals surface area contributed by atoms with Crippen LogP contribution in [0.15, 0.2) is 98.3 Å². The van der Waals surface area contributed by atoms with Crippen molar-refractivity contribution in [2.75, 3.05) is 7.05 Å². The highest BCUT2D eigenvalue weighted by Gasteiger charge is 2.23. The zero-order valence-corrected chi connectivity index (χ0v) is 21.2. The molecule has 0 radical (unpaired) electrons. The summed E-state index contributed by atoms with van der Waals surface area (Å²) in [5, 5.41) is 4.67. The van der Waals surface area contributed by atoms with Crippen molar-refractivity contribution < 1.29 is 0 Å². The lowest BCUT2D eigenvalue weighted by atomic mass is 9.91. The third-order valence-electron chi connectivity index (χ3n) is 6.57. The van der Waals surface area contributed by atoms with Gasteiger partial charge < -0.3 is 4.90 Å². The van der Waals surface area contributed by atoms with E-state index in [2.05, 4.69) is 57.8 Å². The number of hydrogen-bond donors (Lipinski definition) is 0. The molecular formula is C30H34N6. The van der Waals surface area contributed by atoms with E-state index in [9.17, 15) is 0 Å². The molecule has 1 saturated carbocycles. The van der Waals surface area contributed by atoms with Crippen LogP contribution in [0.4, 0.5) is 0 Å². The zero-order chi connectivity index (χ0) is 25.5. The van der Waals surface area contributed by atoms with Gasteiger partial charge in [0.1, 0.15) is 0 Å². The van der Waals surface area contributed by atoms with Gasteiger partial charge in [-0.1, -0.05) is 44.0 Å². The van der Waals surface area contributed by atoms with Gasteiger partial charge in [-0.15, -0.1) is 0 Å². The summed E-state index contributed by atoms with van der Waals surface area (Å²) < 4.78 is 2.08. The molecule has 184 valence electrons. The average Bonchev–Trinajstić information content (AvgIpc) is 3.42. The minimum Gasteiger partial charge on any atom is -0.357 e. The fourth-order valence-electron chi connectivity index (χ4n) is 4.51. The van der Waals surface area contributed by atoms with Crippen LogP contribution >= 0.6 is 0 Å². The quantitative estimate of drug-likeness (QED) is 0.252. The molecule has 0 spiro atoms. The fourth-order valence-corrected chi connectivity index (χ4v) is 4.51. The SMILES string of the molecule is C=CC(=CN(C)C=C)c1cccc(-c2ncc(-c3cnn(C4CCCC(N=C(C)C=C)C4)c3)cn2)c1. The Labute approximate surface area is 214 Å². The Morgan fingerprint density at radius 3 is 2.58 bits per heavy atom. The van der Waals surface area contributed by atoms with Crippen LogP contribution in [0.5, 0.6) is 0 Å². The standard InChI is InChI=1S/C30H34N6/c1-6-22(4)34-28-13-10-14-29(16-28)36-21-27(19-33-36)26-17-31-30(32-18-26)25-12-9-11-24(15-25)23(7-2)20-35(5)8-3/h6-9,11-12,15,17-21,28-29H,1-3,10,13-14,16H2,4-5H3. The summed E-state index contributed by atoms with van der Waals surface area (Å²) >= 11 is 0. The smallest absolute Gasteiger partial charge is 0.159 e. The van der Waals surface area contributed by atoms with Crippen LogP contribution in [0.25, 0.3) is 28.1 Å². The molecule has 1 aromatic carbocycles. The highest BCUT2D eigenvalue weighted by atomic mass is 15.3. The number of benzene rings is 1. The van der Waals surface area contributed by atoms with Crippen LogP contribution in [0, 0.1) is 0 Å². The van der Waals surface area contributed by atoms with Crippen molar-refractivity contribution in [2.24, 2.45) is 4.99 Å². The summed E-state index contributed by atoms with van der Waals surface area (Å²) in [5.41, 5.74) is 5.97. The second-order valence-corrected chi connectivity index (χ2v) is 9.17. The summed E-state index contributed by atoms with van der Waals surface area (Å²) in [7, 11) is 1.94. The number of aromatic nitrogens is 4. The van der Waals surface area contributed by atoms with Gasteiger partial charge >= 0.3 is 0 Å². The van der Waals surface area contributed by atoms with E-state index in [0.717, 1.165) is 59.2 Å². The Bertz CT molecular complexity index is 1280. The number of nitrogens with zero attached hydrogens (tertiary/aromatic N) is 6. The van der Waals surface area contributed by atoms with Crippen LogP contribution in [-0.2, 0) is 0 Å². The second-order valence-electron chi connectivity index (χ2n) is 9.17. The Morgan fingerprint density at radius 2 is 1.86 bits per heavy atom. The molecule has 2 aromatic heterocycles. The number of hydrogen-bond acceptors (Lipinski definition) is 5. The van der Waals surface area contributed by atoms with E-state index in [4.69, 9.17) is 4.99 Å². The summed E-state index contributed by atoms with van der Waals surface area (Å²) in [6.07, 6.45) is 19.5. The van der Waals surface area contributed by atoms with Crippen LogP contribution in [0.1, 0.15) is 44.2 Å². The van der Waals surface area contributed by atoms with Gasteiger partial charge in [-0.3, -0.25) is 9.67 Å². The number of rotatable bonds is 9. The van der Waals surface area contributed by atoms with Crippen molar-refractivity contribution in [1.29, 1.82) is 0 Å². The Morgan fingerprint density at radius 1 is 1.06 bits per heavy atom. The van der Waals surface area contributed by atoms with Crippen molar-refractivity contribution in [3.63, 3.8) is 0 Å². The fraction of sp³-hybridized carbons (Fsp3) is 0.267. The van der Waals surface area contributed by atoms with E-state index in [-0.39, 0.29) is 0 Å². The molecule has 0 amide bonds. The molecule has 2 atom stereocenters. The Kier molecular flexibility index (Phi) is 8.06. The predicted octanol–water partition coefficient (Wildman–Crippen LogP) is 6.74. The van der Waals surface area contributed by atoms with Crippen molar-refractivity contribution in [1.82, 2.24) is 24.6 Å². The molecular weight excluding hydrogens is 444 g/mol. The summed E-state index contributed by atoms with van der Waals surface area (Å²) in [6.45, 7) is 13.6. The van der Waals surface area contributed by atoms with Crippen LogP contribution in [0.3, 0.4) is 0 Å². The third kappa shape index (κ3) is 5.95. The predicted molar refractivity (Wildman–Crippen MR) is 149 cm³/mol. The van der Waals surface area contributed by atoms with E-state index in [1.54, 1.807) is 6.20 Å². The van der Waals surface area contributed by atoms with Crippen LogP contribution in [0.2, 0.25) is 0 Å². The molecule has 36 heavy (non-hydrogen) atoms. The summed E-state index contributed by atoms with van der Waals surface area (Å²) in [6, 6.07) is 8.85. The molecule has 0 aliphatic heterocycles. The normalized spacial score (nSPS) is 18.5. The molecule has 0 N–H and O–H groups in total. The lowest BCUT2D eigenvalue weighted by Crippen LogP contribution is -2.22. The first-order chi connectivity index (χ1) is 17.5. The van der Waals surface area contributed by atoms with Crippen molar-refractivity contribution in [3.8, 4) is 22.5 Å². The zero-order valence-electron chi connectivity index (χ0n) is 21.2. The van der Waals surface area contributed by atoms with E-state index >= 15 is 0 Å². The average molecular weight is 479 g/mol. The van der Waals surface area contributed by atoms with E-state index in [1.807, 2.05) is 67.9 Å². The molecule has 6 heteroatoms. The van der Waals surface area contributed by atoms with Gasteiger partial charge in [0.2, 0.25) is 0 Å². The van der Waals surface area contributed by atoms with Crippen LogP contribution in [-0.4, -0.2) is 43.4 Å². The highest BCUT2D eigenvalue weighted by Crippen LogP contribution is 2.31. The molecule has 1 aliphatic carbocycles. The molecule has 1 aliphatic rings. The molecule has 2 heterocycles. The third-order valence-corrected chi connectivity index (χ3v) is 6.57. The topological polar surface area (TPSA) is 59.2 Å². The van der Waals surface area contributed by atoms with Crippen molar-refractivity contribution in [3.05, 3.63) is 98.9 Å². The molecule has 0 bridgehead atoms. The largest absolute Gasteiger partial charge is 0.357 e. The maximum atomic E-state index is 4.80. The van der Waals surface area contributed by atoms with E-state index < -0.39 is 0 Å². The first kappa shape index (κ1) is 25.0. The van der Waals surface area contributed by atoms with E-state index in [0.29, 0.717) is 17.9 Å². The minimum absolute atomic E-state index is 0.335. The molecule has 0 saturated heterocycles. The van der Waals surface area contributed by atoms with Gasteiger partial charge in [-0.25, -0.2) is 9.97 Å². The monoisotopic (exact) mass is 478 g/mol. The second kappa shape index (κ2) is 11.6. The molecule has 4 rings (SSSR count). The molecule has 2 unspecified atom stereocenters. The molecule has 3 aromatic rings. The lowest BCUT2D eigenvalue weighted by molar-refractivity contribution is 0.301. The Hall–Kier alpha value is -4.06. The van der Waals surface area contributed by atoms with Gasteiger partial charge in [-0.2, -0.15) is 5.10 Å². The first-order valence-electron chi connectivity index (χ1n) is 12.3. The number of allylic oxidation sites excluding steroid dienone is 3. The van der Waals surface area contributed by atoms with Gasteiger partial charge in [0.15, 0.2) is 5.82 Å². The summed E-state index contributed by atoms with van der Waals surface area (Å²) in [4.78, 5) is 16.0. The summed E-state index contributed by atoms with van der Waals surface area (Å²) in [5.74, 6) is 0.680. The van der Waals surface area contributed by atoms with Crippen molar-refractivity contribution >= 4 is 11.3 Å². The highest BCUT2D eigenvalue weighted by molar-refractivity contribution is 5.92. The Balaban J connectivity index is 1.50. The van der Waals surface area contributed by atoms with Gasteiger partial charge in [0, 0.05) is 54.2 Å². The van der Waals surface area contributed by atoms with Crippen LogP contribution < -0.4 is 0 Å². The van der Waals surface area contributed by atoms with Gasteiger partial charge in [0.25, 0.3) is 0 Å². The van der Waals surface area contributed by atoms with Crippen molar-refractivity contribution in [2.45, 2.75) is 44.7 Å². The molecule has 1 fully saturated rings. The first-order valence-corrected chi connectivity index (χ1v) is 12.3. The van der Waals surface area contributed by atoms with Gasteiger partial charge in [0.05, 0.1) is 18.3 Å². The minimum atomic E-state index is 0.335. The van der Waals surface area contributed by atoms with E-state index in [1.165, 1.54) is 0 Å². The van der Waals surface area contributed by atoms with Gasteiger partial charge in [-0.05, 0) is 62.1 Å². The maximum Gasteiger partial charge on any atom is 0.159 e.